The van der Waals surface area contributed by atoms with Crippen molar-refractivity contribution in [2.75, 3.05) is 19.8 Å². The van der Waals surface area contributed by atoms with Crippen LogP contribution in [0.15, 0.2) is 11.6 Å². The summed E-state index contributed by atoms with van der Waals surface area (Å²) < 4.78 is 36.1. The molecule has 20 nitrogen and oxygen atoms in total. The van der Waals surface area contributed by atoms with Crippen LogP contribution in [0.1, 0.15) is 107 Å². The van der Waals surface area contributed by atoms with E-state index in [4.69, 9.17) is 28.4 Å². The van der Waals surface area contributed by atoms with Gasteiger partial charge in [0.05, 0.1) is 49.3 Å². The minimum absolute atomic E-state index is 0.178. The lowest BCUT2D eigenvalue weighted by Crippen LogP contribution is -2.72. The van der Waals surface area contributed by atoms with Gasteiger partial charge in [0.15, 0.2) is 18.9 Å². The topological polar surface area (TPSA) is 339 Å². The van der Waals surface area contributed by atoms with Gasteiger partial charge in [-0.15, -0.1) is 0 Å². The van der Waals surface area contributed by atoms with Crippen LogP contribution in [0.2, 0.25) is 0 Å². The summed E-state index contributed by atoms with van der Waals surface area (Å²) in [7, 11) is 0. The average Bonchev–Trinajstić information content (AvgIpc) is 3.58. The van der Waals surface area contributed by atoms with E-state index in [9.17, 15) is 71.5 Å². The number of rotatable bonds is 13. The molecule has 3 heterocycles. The van der Waals surface area contributed by atoms with E-state index in [1.807, 2.05) is 33.8 Å². The largest absolute Gasteiger partial charge is 0.394 e. The summed E-state index contributed by atoms with van der Waals surface area (Å²) in [6.07, 6.45) is -21.5. The molecular formula is C48H82O20. The fraction of sp³-hybridized carbons (Fsp3) is 0.958. The van der Waals surface area contributed by atoms with E-state index in [2.05, 4.69) is 20.8 Å². The second kappa shape index (κ2) is 19.7. The maximum Gasteiger partial charge on any atom is 0.187 e. The van der Waals surface area contributed by atoms with Gasteiger partial charge in [-0.3, -0.25) is 0 Å². The molecule has 4 aliphatic carbocycles. The van der Waals surface area contributed by atoms with Gasteiger partial charge in [0.1, 0.15) is 73.2 Å². The Bertz CT molecular complexity index is 1770. The smallest absolute Gasteiger partial charge is 0.187 e. The van der Waals surface area contributed by atoms with E-state index in [0.717, 1.165) is 5.57 Å². The van der Waals surface area contributed by atoms with Gasteiger partial charge in [-0.25, -0.2) is 0 Å². The van der Waals surface area contributed by atoms with Gasteiger partial charge >= 0.3 is 0 Å². The molecular weight excluding hydrogens is 897 g/mol. The molecule has 68 heavy (non-hydrogen) atoms. The molecule has 26 unspecified atom stereocenters. The SMILES string of the molecule is CC(C)=CCCC(C)(OC1OC(CO)C(O)C(O)C1O)C1(O)CCC2(C)C1C(O)CC1C3(C)CCC(OC4OC(COC5OC(CO)C(O)C(O)C5O)C(O)C(O)C4O)C(C)(C)C3C(O)CC12C. The minimum atomic E-state index is -1.76. The van der Waals surface area contributed by atoms with E-state index < -0.39 is 175 Å². The van der Waals surface area contributed by atoms with Crippen molar-refractivity contribution in [2.24, 2.45) is 39.4 Å². The first kappa shape index (κ1) is 54.7. The van der Waals surface area contributed by atoms with Crippen LogP contribution in [-0.4, -0.2) is 213 Å². The summed E-state index contributed by atoms with van der Waals surface area (Å²) in [4.78, 5) is 0. The zero-order valence-corrected chi connectivity index (χ0v) is 40.7. The Morgan fingerprint density at radius 2 is 1.16 bits per heavy atom. The molecule has 7 fully saturated rings. The highest BCUT2D eigenvalue weighted by atomic mass is 16.7. The van der Waals surface area contributed by atoms with Crippen LogP contribution >= 0.6 is 0 Å². The second-order valence-corrected chi connectivity index (χ2v) is 23.2. The number of allylic oxidation sites excluding steroid dienone is 2. The molecule has 0 bridgehead atoms. The van der Waals surface area contributed by atoms with Crippen LogP contribution in [0.5, 0.6) is 0 Å². The van der Waals surface area contributed by atoms with E-state index in [-0.39, 0.29) is 25.2 Å². The number of aliphatic hydroxyl groups is 14. The van der Waals surface area contributed by atoms with Gasteiger partial charge in [0, 0.05) is 5.92 Å². The number of fused-ring (bicyclic) bond motifs is 5. The van der Waals surface area contributed by atoms with E-state index >= 15 is 0 Å². The van der Waals surface area contributed by atoms with Crippen LogP contribution in [0.25, 0.3) is 0 Å². The first-order chi connectivity index (χ1) is 31.6. The van der Waals surface area contributed by atoms with Crippen molar-refractivity contribution in [3.05, 3.63) is 11.6 Å². The Kier molecular flexibility index (Phi) is 15.8. The second-order valence-electron chi connectivity index (χ2n) is 23.2. The number of hydrogen-bond acceptors (Lipinski definition) is 20. The van der Waals surface area contributed by atoms with Crippen molar-refractivity contribution in [1.82, 2.24) is 0 Å². The van der Waals surface area contributed by atoms with Crippen molar-refractivity contribution in [3.63, 3.8) is 0 Å². The summed E-state index contributed by atoms with van der Waals surface area (Å²) in [5.41, 5.74) is -5.06. The number of hydrogen-bond donors (Lipinski definition) is 14. The molecule has 4 saturated carbocycles. The summed E-state index contributed by atoms with van der Waals surface area (Å²) in [6.45, 7) is 14.0. The third kappa shape index (κ3) is 8.78. The molecule has 3 aliphatic heterocycles. The lowest BCUT2D eigenvalue weighted by atomic mass is 9.34. The lowest BCUT2D eigenvalue weighted by molar-refractivity contribution is -0.358. The highest BCUT2D eigenvalue weighted by molar-refractivity contribution is 5.25. The van der Waals surface area contributed by atoms with Crippen molar-refractivity contribution in [3.8, 4) is 0 Å². The first-order valence-corrected chi connectivity index (χ1v) is 24.6. The van der Waals surface area contributed by atoms with E-state index in [0.29, 0.717) is 32.1 Å². The Labute approximate surface area is 398 Å². The van der Waals surface area contributed by atoms with Gasteiger partial charge in [0.25, 0.3) is 0 Å². The summed E-state index contributed by atoms with van der Waals surface area (Å²) in [5.74, 6) is -1.39. The van der Waals surface area contributed by atoms with Crippen LogP contribution in [0, 0.1) is 39.4 Å². The van der Waals surface area contributed by atoms with Crippen molar-refractivity contribution in [1.29, 1.82) is 0 Å². The monoisotopic (exact) mass is 979 g/mol. The average molecular weight is 979 g/mol. The summed E-state index contributed by atoms with van der Waals surface area (Å²) in [5, 5.41) is 154. The Balaban J connectivity index is 1.12. The predicted molar refractivity (Wildman–Crippen MR) is 236 cm³/mol. The van der Waals surface area contributed by atoms with Crippen molar-refractivity contribution in [2.45, 2.75) is 228 Å². The Morgan fingerprint density at radius 3 is 1.74 bits per heavy atom. The maximum absolute atomic E-state index is 13.3. The summed E-state index contributed by atoms with van der Waals surface area (Å²) in [6, 6.07) is 0. The highest BCUT2D eigenvalue weighted by Crippen LogP contribution is 2.76. The van der Waals surface area contributed by atoms with Gasteiger partial charge in [0.2, 0.25) is 0 Å². The van der Waals surface area contributed by atoms with Crippen LogP contribution < -0.4 is 0 Å². The summed E-state index contributed by atoms with van der Waals surface area (Å²) >= 11 is 0. The predicted octanol–water partition coefficient (Wildman–Crippen LogP) is -1.94. The third-order valence-electron chi connectivity index (χ3n) is 18.8. The molecule has 7 aliphatic rings. The van der Waals surface area contributed by atoms with E-state index in [1.165, 1.54) is 0 Å². The zero-order valence-electron chi connectivity index (χ0n) is 40.7. The molecule has 26 atom stereocenters. The van der Waals surface area contributed by atoms with Crippen molar-refractivity contribution < 1.29 is 99.9 Å². The quantitative estimate of drug-likeness (QED) is 0.0705. The molecule has 0 aromatic heterocycles. The van der Waals surface area contributed by atoms with Crippen molar-refractivity contribution >= 4 is 0 Å². The van der Waals surface area contributed by atoms with Gasteiger partial charge < -0.3 is 99.9 Å². The molecule has 0 spiro atoms. The molecule has 3 saturated heterocycles. The van der Waals surface area contributed by atoms with Crippen LogP contribution in [-0.2, 0) is 28.4 Å². The molecule has 14 N–H and O–H groups in total. The first-order valence-electron chi connectivity index (χ1n) is 24.6. The Hall–Kier alpha value is -1.06. The molecule has 394 valence electrons. The van der Waals surface area contributed by atoms with E-state index in [1.54, 1.807) is 6.92 Å². The maximum atomic E-state index is 13.3. The van der Waals surface area contributed by atoms with Gasteiger partial charge in [-0.2, -0.15) is 0 Å². The minimum Gasteiger partial charge on any atom is -0.394 e. The standard InChI is InChI=1S/C48H82O20/c1-21(2)10-9-12-47(8,68-42-37(61)33(57)30(54)25(19-50)65-42)48(62)15-14-45(6)39(48)22(51)16-27-44(5)13-11-28(43(3,4)38(44)23(52)17-46(27,45)7)67-41-36(60)34(58)31(55)26(66-41)20-63-40-35(59)32(56)29(53)24(18-49)64-40/h10,22-42,49-62H,9,11-20H2,1-8H3. The molecule has 0 aromatic carbocycles. The van der Waals surface area contributed by atoms with Crippen LogP contribution in [0.4, 0.5) is 0 Å². The van der Waals surface area contributed by atoms with Gasteiger partial charge in [-0.1, -0.05) is 46.3 Å². The van der Waals surface area contributed by atoms with Gasteiger partial charge in [-0.05, 0) is 106 Å². The Morgan fingerprint density at radius 1 is 0.632 bits per heavy atom. The molecule has 0 amide bonds. The number of aliphatic hydroxyl groups excluding tert-OH is 13. The highest BCUT2D eigenvalue weighted by Gasteiger charge is 2.77. The lowest BCUT2D eigenvalue weighted by Gasteiger charge is -2.72. The third-order valence-corrected chi connectivity index (χ3v) is 18.8. The zero-order chi connectivity index (χ0) is 50.4. The molecule has 7 rings (SSSR count). The fourth-order valence-corrected chi connectivity index (χ4v) is 15.0. The normalized spacial score (nSPS) is 53.4. The fourth-order valence-electron chi connectivity index (χ4n) is 15.0. The van der Waals surface area contributed by atoms with Crippen LogP contribution in [0.3, 0.4) is 0 Å². The molecule has 0 aromatic rings. The molecule has 0 radical (unpaired) electrons. The molecule has 20 heteroatoms. The number of ether oxygens (including phenoxy) is 6.